The molecule has 0 aliphatic heterocycles. The molecule has 0 bridgehead atoms. The fourth-order valence-corrected chi connectivity index (χ4v) is 1.50. The van der Waals surface area contributed by atoms with Crippen LogP contribution in [0, 0.1) is 11.3 Å². The van der Waals surface area contributed by atoms with E-state index >= 15 is 0 Å². The molecule has 1 aromatic rings. The molecule has 3 N–H and O–H groups in total. The van der Waals surface area contributed by atoms with Gasteiger partial charge in [-0.25, -0.2) is 0 Å². The zero-order valence-electron chi connectivity index (χ0n) is 9.93. The van der Waals surface area contributed by atoms with Crippen LogP contribution < -0.4 is 11.1 Å². The molecule has 0 fully saturated rings. The number of hydrogen-bond acceptors (Lipinski definition) is 3. The summed E-state index contributed by atoms with van der Waals surface area (Å²) >= 11 is 0. The molecule has 0 aliphatic carbocycles. The minimum atomic E-state index is -0.731. The second kappa shape index (κ2) is 7.07. The van der Waals surface area contributed by atoms with Crippen molar-refractivity contribution in [1.82, 2.24) is 5.32 Å². The van der Waals surface area contributed by atoms with Crippen LogP contribution in [0.2, 0.25) is 0 Å². The number of nitrogens with zero attached hydrogens (tertiary/aromatic N) is 1. The van der Waals surface area contributed by atoms with Crippen molar-refractivity contribution in [2.45, 2.75) is 25.3 Å². The van der Waals surface area contributed by atoms with E-state index in [0.717, 1.165) is 0 Å². The summed E-state index contributed by atoms with van der Waals surface area (Å²) in [6, 6.07) is 9.84. The highest BCUT2D eigenvalue weighted by atomic mass is 16.2. The molecule has 0 aromatic heterocycles. The van der Waals surface area contributed by atoms with E-state index in [-0.39, 0.29) is 5.91 Å². The van der Waals surface area contributed by atoms with Gasteiger partial charge in [-0.1, -0.05) is 18.2 Å². The number of nitriles is 1. The number of amides is 2. The van der Waals surface area contributed by atoms with E-state index < -0.39 is 11.9 Å². The lowest BCUT2D eigenvalue weighted by molar-refractivity contribution is -0.120. The number of rotatable bonds is 6. The lowest BCUT2D eigenvalue weighted by Gasteiger charge is -2.14. The van der Waals surface area contributed by atoms with Gasteiger partial charge >= 0.3 is 0 Å². The van der Waals surface area contributed by atoms with Gasteiger partial charge in [-0.2, -0.15) is 5.26 Å². The highest BCUT2D eigenvalue weighted by Crippen LogP contribution is 2.03. The van der Waals surface area contributed by atoms with Crippen molar-refractivity contribution in [2.75, 3.05) is 0 Å². The van der Waals surface area contributed by atoms with Crippen LogP contribution in [0.4, 0.5) is 0 Å². The Labute approximate surface area is 106 Å². The highest BCUT2D eigenvalue weighted by Gasteiger charge is 2.18. The van der Waals surface area contributed by atoms with E-state index in [1.54, 1.807) is 30.3 Å². The van der Waals surface area contributed by atoms with Crippen LogP contribution >= 0.6 is 0 Å². The van der Waals surface area contributed by atoms with Gasteiger partial charge in [0.05, 0.1) is 6.07 Å². The third-order valence-electron chi connectivity index (χ3n) is 2.47. The van der Waals surface area contributed by atoms with Crippen molar-refractivity contribution in [3.63, 3.8) is 0 Å². The summed E-state index contributed by atoms with van der Waals surface area (Å²) in [4.78, 5) is 23.0. The normalized spacial score (nSPS) is 11.3. The molecular weight excluding hydrogens is 230 g/mol. The number of hydrogen-bond donors (Lipinski definition) is 2. The van der Waals surface area contributed by atoms with E-state index in [0.29, 0.717) is 24.8 Å². The topological polar surface area (TPSA) is 96.0 Å². The van der Waals surface area contributed by atoms with Crippen LogP contribution in [-0.4, -0.2) is 17.9 Å². The first-order valence-corrected chi connectivity index (χ1v) is 5.67. The molecule has 0 spiro atoms. The number of benzene rings is 1. The fourth-order valence-electron chi connectivity index (χ4n) is 1.50. The lowest BCUT2D eigenvalue weighted by Crippen LogP contribution is -2.44. The SMILES string of the molecule is N#CCCC[C@@H](NC(=O)c1ccccc1)C(N)=O. The van der Waals surface area contributed by atoms with Gasteiger partial charge in [0.15, 0.2) is 0 Å². The molecule has 1 rings (SSSR count). The molecule has 0 unspecified atom stereocenters. The average Bonchev–Trinajstić information content (AvgIpc) is 2.38. The first kappa shape index (κ1) is 13.7. The fraction of sp³-hybridized carbons (Fsp3) is 0.308. The van der Waals surface area contributed by atoms with Gasteiger partial charge in [-0.3, -0.25) is 9.59 Å². The van der Waals surface area contributed by atoms with Crippen molar-refractivity contribution in [1.29, 1.82) is 5.26 Å². The van der Waals surface area contributed by atoms with E-state index in [1.807, 2.05) is 6.07 Å². The predicted octanol–water partition coefficient (Wildman–Crippen LogP) is 0.964. The van der Waals surface area contributed by atoms with Gasteiger partial charge in [0.1, 0.15) is 6.04 Å². The quantitative estimate of drug-likeness (QED) is 0.731. The van der Waals surface area contributed by atoms with Gasteiger partial charge in [-0.15, -0.1) is 0 Å². The first-order valence-electron chi connectivity index (χ1n) is 5.67. The maximum Gasteiger partial charge on any atom is 0.251 e. The summed E-state index contributed by atoms with van der Waals surface area (Å²) in [5.41, 5.74) is 5.68. The van der Waals surface area contributed by atoms with E-state index in [4.69, 9.17) is 11.0 Å². The Balaban J connectivity index is 2.59. The number of carbonyl (C=O) groups is 2. The molecule has 94 valence electrons. The third-order valence-corrected chi connectivity index (χ3v) is 2.47. The van der Waals surface area contributed by atoms with Crippen LogP contribution in [0.5, 0.6) is 0 Å². The summed E-state index contributed by atoms with van der Waals surface area (Å²) in [6.45, 7) is 0. The largest absolute Gasteiger partial charge is 0.368 e. The molecular formula is C13H15N3O2. The first-order chi connectivity index (χ1) is 8.65. The molecule has 0 aliphatic rings. The number of carbonyl (C=O) groups excluding carboxylic acids is 2. The highest BCUT2D eigenvalue weighted by molar-refractivity contribution is 5.97. The van der Waals surface area contributed by atoms with E-state index in [9.17, 15) is 9.59 Å². The third kappa shape index (κ3) is 4.26. The number of nitrogens with one attached hydrogen (secondary N) is 1. The van der Waals surface area contributed by atoms with Crippen molar-refractivity contribution in [2.24, 2.45) is 5.73 Å². The summed E-state index contributed by atoms with van der Waals surface area (Å²) in [6.07, 6.45) is 1.24. The van der Waals surface area contributed by atoms with E-state index in [1.165, 1.54) is 0 Å². The van der Waals surface area contributed by atoms with Gasteiger partial charge in [0.2, 0.25) is 5.91 Å². The second-order valence-corrected chi connectivity index (χ2v) is 3.84. The Morgan fingerprint density at radius 1 is 1.33 bits per heavy atom. The molecule has 5 nitrogen and oxygen atoms in total. The van der Waals surface area contributed by atoms with Crippen molar-refractivity contribution >= 4 is 11.8 Å². The molecule has 0 heterocycles. The number of primary amides is 1. The van der Waals surface area contributed by atoms with Gasteiger partial charge in [0.25, 0.3) is 5.91 Å². The van der Waals surface area contributed by atoms with Crippen molar-refractivity contribution < 1.29 is 9.59 Å². The molecule has 1 aromatic carbocycles. The van der Waals surface area contributed by atoms with Crippen LogP contribution in [0.3, 0.4) is 0 Å². The Hall–Kier alpha value is -2.35. The minimum absolute atomic E-state index is 0.337. The maximum absolute atomic E-state index is 11.8. The van der Waals surface area contributed by atoms with E-state index in [2.05, 4.69) is 5.32 Å². The monoisotopic (exact) mass is 245 g/mol. The van der Waals surface area contributed by atoms with Crippen LogP contribution in [-0.2, 0) is 4.79 Å². The minimum Gasteiger partial charge on any atom is -0.368 e. The Bertz CT molecular complexity index is 451. The maximum atomic E-state index is 11.8. The predicted molar refractivity (Wildman–Crippen MR) is 66.4 cm³/mol. The Morgan fingerprint density at radius 2 is 2.00 bits per heavy atom. The van der Waals surface area contributed by atoms with Crippen molar-refractivity contribution in [3.05, 3.63) is 35.9 Å². The molecule has 5 heteroatoms. The average molecular weight is 245 g/mol. The lowest BCUT2D eigenvalue weighted by atomic mass is 10.1. The summed E-state index contributed by atoms with van der Waals surface area (Å²) < 4.78 is 0. The molecule has 2 amide bonds. The summed E-state index contributed by atoms with van der Waals surface area (Å²) in [5.74, 6) is -0.923. The summed E-state index contributed by atoms with van der Waals surface area (Å²) in [5, 5.41) is 11.0. The number of nitrogens with two attached hydrogens (primary N) is 1. The second-order valence-electron chi connectivity index (χ2n) is 3.84. The van der Waals surface area contributed by atoms with Gasteiger partial charge < -0.3 is 11.1 Å². The molecule has 0 saturated carbocycles. The van der Waals surface area contributed by atoms with Crippen molar-refractivity contribution in [3.8, 4) is 6.07 Å². The molecule has 1 atom stereocenters. The molecule has 0 radical (unpaired) electrons. The molecule has 18 heavy (non-hydrogen) atoms. The Morgan fingerprint density at radius 3 is 2.56 bits per heavy atom. The van der Waals surface area contributed by atoms with Gasteiger partial charge in [-0.05, 0) is 25.0 Å². The zero-order chi connectivity index (χ0) is 13.4. The number of unbranched alkanes of at least 4 members (excludes halogenated alkanes) is 1. The zero-order valence-corrected chi connectivity index (χ0v) is 9.93. The Kier molecular flexibility index (Phi) is 5.39. The standard InChI is InChI=1S/C13H15N3O2/c14-9-5-4-8-11(12(15)17)16-13(18)10-6-2-1-3-7-10/h1-3,6-7,11H,4-5,8H2,(H2,15,17)(H,16,18)/t11-/m1/s1. The van der Waals surface area contributed by atoms with Crippen LogP contribution in [0.15, 0.2) is 30.3 Å². The summed E-state index contributed by atoms with van der Waals surface area (Å²) in [7, 11) is 0. The van der Waals surface area contributed by atoms with Crippen LogP contribution in [0.1, 0.15) is 29.6 Å². The van der Waals surface area contributed by atoms with Gasteiger partial charge in [0, 0.05) is 12.0 Å². The smallest absolute Gasteiger partial charge is 0.251 e. The van der Waals surface area contributed by atoms with Crippen LogP contribution in [0.25, 0.3) is 0 Å². The molecule has 0 saturated heterocycles.